The third-order valence-electron chi connectivity index (χ3n) is 1.69. The summed E-state index contributed by atoms with van der Waals surface area (Å²) < 4.78 is 0. The van der Waals surface area contributed by atoms with E-state index in [9.17, 15) is 4.79 Å². The van der Waals surface area contributed by atoms with E-state index in [2.05, 4.69) is 31.9 Å². The molecule has 4 heteroatoms. The SMILES string of the molecule is O=C(O)C(Br)c1ccccc1CBr. The fourth-order valence-electron chi connectivity index (χ4n) is 1.04. The van der Waals surface area contributed by atoms with Crippen LogP contribution in [0.1, 0.15) is 16.0 Å². The first-order valence-corrected chi connectivity index (χ1v) is 5.71. The molecular formula is C9H8Br2O2. The number of aliphatic carboxylic acids is 1. The maximum absolute atomic E-state index is 10.7. The maximum Gasteiger partial charge on any atom is 0.321 e. The molecule has 0 aliphatic rings. The summed E-state index contributed by atoms with van der Waals surface area (Å²) >= 11 is 6.43. The standard InChI is InChI=1S/C9H8Br2O2/c10-5-6-3-1-2-4-7(6)8(11)9(12)13/h1-4,8H,5H2,(H,12,13). The minimum absolute atomic E-state index is 0.624. The monoisotopic (exact) mass is 306 g/mol. The maximum atomic E-state index is 10.7. The van der Waals surface area contributed by atoms with E-state index >= 15 is 0 Å². The molecule has 0 aliphatic carbocycles. The van der Waals surface area contributed by atoms with Crippen molar-refractivity contribution < 1.29 is 9.90 Å². The summed E-state index contributed by atoms with van der Waals surface area (Å²) in [6, 6.07) is 7.44. The highest BCUT2D eigenvalue weighted by Crippen LogP contribution is 2.27. The van der Waals surface area contributed by atoms with E-state index < -0.39 is 10.8 Å². The van der Waals surface area contributed by atoms with Crippen molar-refractivity contribution in [2.24, 2.45) is 0 Å². The van der Waals surface area contributed by atoms with Crippen molar-refractivity contribution >= 4 is 37.8 Å². The topological polar surface area (TPSA) is 37.3 Å². The quantitative estimate of drug-likeness (QED) is 0.871. The van der Waals surface area contributed by atoms with E-state index in [-0.39, 0.29) is 0 Å². The lowest BCUT2D eigenvalue weighted by Gasteiger charge is -2.08. The lowest BCUT2D eigenvalue weighted by Crippen LogP contribution is -2.06. The third kappa shape index (κ3) is 2.54. The fraction of sp³-hybridized carbons (Fsp3) is 0.222. The van der Waals surface area contributed by atoms with Gasteiger partial charge in [0.2, 0.25) is 0 Å². The summed E-state index contributed by atoms with van der Waals surface area (Å²) in [7, 11) is 0. The zero-order valence-corrected chi connectivity index (χ0v) is 9.88. The number of hydrogen-bond donors (Lipinski definition) is 1. The summed E-state index contributed by atoms with van der Waals surface area (Å²) in [5.74, 6) is -0.867. The Bertz CT molecular complexity index is 312. The van der Waals surface area contributed by atoms with Crippen LogP contribution in [0.4, 0.5) is 0 Å². The number of rotatable bonds is 3. The number of hydrogen-bond acceptors (Lipinski definition) is 1. The van der Waals surface area contributed by atoms with Crippen molar-refractivity contribution in [3.8, 4) is 0 Å². The van der Waals surface area contributed by atoms with Crippen LogP contribution in [0.3, 0.4) is 0 Å². The van der Waals surface area contributed by atoms with Crippen LogP contribution in [0.5, 0.6) is 0 Å². The average molecular weight is 308 g/mol. The molecular weight excluding hydrogens is 300 g/mol. The molecule has 0 saturated carbocycles. The molecule has 1 unspecified atom stereocenters. The predicted molar refractivity (Wildman–Crippen MR) is 58.4 cm³/mol. The molecule has 0 fully saturated rings. The molecule has 13 heavy (non-hydrogen) atoms. The van der Waals surface area contributed by atoms with Crippen molar-refractivity contribution in [3.05, 3.63) is 35.4 Å². The van der Waals surface area contributed by atoms with Gasteiger partial charge in [-0.25, -0.2) is 0 Å². The molecule has 0 aromatic heterocycles. The Morgan fingerprint density at radius 2 is 2.08 bits per heavy atom. The van der Waals surface area contributed by atoms with Gasteiger partial charge in [-0.05, 0) is 11.1 Å². The molecule has 0 radical (unpaired) electrons. The van der Waals surface area contributed by atoms with E-state index in [0.29, 0.717) is 5.33 Å². The molecule has 1 aromatic carbocycles. The normalized spacial score (nSPS) is 12.5. The Labute approximate surface area is 93.2 Å². The fourth-order valence-corrected chi connectivity index (χ4v) is 1.99. The summed E-state index contributed by atoms with van der Waals surface area (Å²) in [5, 5.41) is 9.46. The second kappa shape index (κ2) is 4.77. The molecule has 2 nitrogen and oxygen atoms in total. The van der Waals surface area contributed by atoms with Crippen LogP contribution in [0.2, 0.25) is 0 Å². The van der Waals surface area contributed by atoms with E-state index in [4.69, 9.17) is 5.11 Å². The van der Waals surface area contributed by atoms with Gasteiger partial charge in [-0.3, -0.25) is 4.79 Å². The van der Waals surface area contributed by atoms with Crippen LogP contribution in [0.25, 0.3) is 0 Å². The molecule has 0 amide bonds. The van der Waals surface area contributed by atoms with Crippen molar-refractivity contribution in [1.82, 2.24) is 0 Å². The van der Waals surface area contributed by atoms with Crippen molar-refractivity contribution in [1.29, 1.82) is 0 Å². The minimum Gasteiger partial charge on any atom is -0.480 e. The van der Waals surface area contributed by atoms with Crippen LogP contribution in [-0.4, -0.2) is 11.1 Å². The van der Waals surface area contributed by atoms with E-state index in [1.165, 1.54) is 0 Å². The zero-order valence-electron chi connectivity index (χ0n) is 6.71. The Balaban J connectivity index is 3.05. The Morgan fingerprint density at radius 1 is 1.46 bits per heavy atom. The number of carboxylic acid groups (broad SMARTS) is 1. The van der Waals surface area contributed by atoms with Crippen LogP contribution in [0.15, 0.2) is 24.3 Å². The predicted octanol–water partition coefficient (Wildman–Crippen LogP) is 3.10. The molecule has 1 N–H and O–H groups in total. The first-order chi connectivity index (χ1) is 6.16. The molecule has 0 aliphatic heterocycles. The Hall–Kier alpha value is -0.350. The zero-order chi connectivity index (χ0) is 9.84. The lowest BCUT2D eigenvalue weighted by atomic mass is 10.1. The van der Waals surface area contributed by atoms with Gasteiger partial charge in [-0.2, -0.15) is 0 Å². The van der Waals surface area contributed by atoms with E-state index in [0.717, 1.165) is 11.1 Å². The second-order valence-electron chi connectivity index (χ2n) is 2.53. The van der Waals surface area contributed by atoms with Gasteiger partial charge in [0.25, 0.3) is 0 Å². The molecule has 1 atom stereocenters. The molecule has 1 rings (SSSR count). The van der Waals surface area contributed by atoms with Gasteiger partial charge < -0.3 is 5.11 Å². The van der Waals surface area contributed by atoms with Crippen LogP contribution < -0.4 is 0 Å². The highest BCUT2D eigenvalue weighted by Gasteiger charge is 2.17. The smallest absolute Gasteiger partial charge is 0.321 e. The molecule has 0 saturated heterocycles. The molecule has 0 spiro atoms. The van der Waals surface area contributed by atoms with Gasteiger partial charge in [0.1, 0.15) is 4.83 Å². The van der Waals surface area contributed by atoms with Gasteiger partial charge in [-0.15, -0.1) is 0 Å². The highest BCUT2D eigenvalue weighted by atomic mass is 79.9. The number of carbonyl (C=O) groups is 1. The molecule has 0 bridgehead atoms. The number of benzene rings is 1. The largest absolute Gasteiger partial charge is 0.480 e. The molecule has 70 valence electrons. The van der Waals surface area contributed by atoms with Gasteiger partial charge in [0, 0.05) is 5.33 Å². The number of alkyl halides is 2. The number of carboxylic acids is 1. The van der Waals surface area contributed by atoms with Crippen LogP contribution in [-0.2, 0) is 10.1 Å². The third-order valence-corrected chi connectivity index (χ3v) is 3.18. The van der Waals surface area contributed by atoms with Crippen LogP contribution in [0, 0.1) is 0 Å². The highest BCUT2D eigenvalue weighted by molar-refractivity contribution is 9.09. The van der Waals surface area contributed by atoms with Gasteiger partial charge in [0.15, 0.2) is 0 Å². The average Bonchev–Trinajstić information content (AvgIpc) is 2.16. The number of halogens is 2. The molecule has 0 heterocycles. The summed E-state index contributed by atoms with van der Waals surface area (Å²) in [4.78, 5) is 10.1. The summed E-state index contributed by atoms with van der Waals surface area (Å²) in [6.07, 6.45) is 0. The van der Waals surface area contributed by atoms with Crippen molar-refractivity contribution in [2.45, 2.75) is 10.2 Å². The van der Waals surface area contributed by atoms with Gasteiger partial charge in [-0.1, -0.05) is 56.1 Å². The van der Waals surface area contributed by atoms with Gasteiger partial charge >= 0.3 is 5.97 Å². The Kier molecular flexibility index (Phi) is 3.93. The van der Waals surface area contributed by atoms with E-state index in [1.807, 2.05) is 24.3 Å². The minimum atomic E-state index is -0.867. The van der Waals surface area contributed by atoms with Crippen molar-refractivity contribution in [3.63, 3.8) is 0 Å². The Morgan fingerprint density at radius 3 is 2.62 bits per heavy atom. The summed E-state index contributed by atoms with van der Waals surface area (Å²) in [5.41, 5.74) is 1.79. The molecule has 1 aromatic rings. The van der Waals surface area contributed by atoms with Crippen molar-refractivity contribution in [2.75, 3.05) is 0 Å². The first-order valence-electron chi connectivity index (χ1n) is 3.67. The second-order valence-corrected chi connectivity index (χ2v) is 4.01. The van der Waals surface area contributed by atoms with E-state index in [1.54, 1.807) is 0 Å². The first kappa shape index (κ1) is 10.7. The van der Waals surface area contributed by atoms with Crippen LogP contribution >= 0.6 is 31.9 Å². The summed E-state index contributed by atoms with van der Waals surface area (Å²) in [6.45, 7) is 0. The lowest BCUT2D eigenvalue weighted by molar-refractivity contribution is -0.136. The van der Waals surface area contributed by atoms with Gasteiger partial charge in [0.05, 0.1) is 0 Å².